The summed E-state index contributed by atoms with van der Waals surface area (Å²) in [6.07, 6.45) is 2.07. The highest BCUT2D eigenvalue weighted by molar-refractivity contribution is 5.81. The molecule has 1 aromatic heterocycles. The normalized spacial score (nSPS) is 11.4. The number of benzene rings is 1. The van der Waals surface area contributed by atoms with E-state index >= 15 is 0 Å². The molecule has 0 bridgehead atoms. The lowest BCUT2D eigenvalue weighted by molar-refractivity contribution is 0.537. The molecule has 2 rings (SSSR count). The van der Waals surface area contributed by atoms with E-state index in [4.69, 9.17) is 5.73 Å². The van der Waals surface area contributed by atoms with Crippen molar-refractivity contribution in [3.05, 3.63) is 30.0 Å². The zero-order valence-electron chi connectivity index (χ0n) is 8.57. The molecule has 3 nitrogen and oxygen atoms in total. The summed E-state index contributed by atoms with van der Waals surface area (Å²) in [6.45, 7) is 4.81. The minimum atomic E-state index is 0.396. The molecule has 14 heavy (non-hydrogen) atoms. The van der Waals surface area contributed by atoms with Crippen molar-refractivity contribution in [2.24, 2.45) is 5.73 Å². The van der Waals surface area contributed by atoms with E-state index in [1.165, 1.54) is 5.39 Å². The lowest BCUT2D eigenvalue weighted by Gasteiger charge is -2.02. The molecule has 0 spiro atoms. The van der Waals surface area contributed by atoms with Gasteiger partial charge < -0.3 is 5.73 Å². The number of hydrogen-bond donors (Lipinski definition) is 1. The highest BCUT2D eigenvalue weighted by Crippen LogP contribution is 2.18. The molecule has 0 saturated carbocycles. The Hall–Kier alpha value is -1.35. The summed E-state index contributed by atoms with van der Waals surface area (Å²) in [5, 5.41) is 5.65. The fourth-order valence-corrected chi connectivity index (χ4v) is 1.56. The third-order valence-corrected chi connectivity index (χ3v) is 2.41. The van der Waals surface area contributed by atoms with Crippen molar-refractivity contribution < 1.29 is 0 Å². The van der Waals surface area contributed by atoms with E-state index in [-0.39, 0.29) is 0 Å². The van der Waals surface area contributed by atoms with E-state index in [0.29, 0.717) is 12.6 Å². The molecule has 2 aromatic rings. The van der Waals surface area contributed by atoms with Gasteiger partial charge in [0.05, 0.1) is 5.52 Å². The summed E-state index contributed by atoms with van der Waals surface area (Å²) >= 11 is 0. The van der Waals surface area contributed by atoms with Gasteiger partial charge in [-0.3, -0.25) is 4.68 Å². The summed E-state index contributed by atoms with van der Waals surface area (Å²) in [6, 6.07) is 6.47. The quantitative estimate of drug-likeness (QED) is 0.786. The third-order valence-electron chi connectivity index (χ3n) is 2.41. The van der Waals surface area contributed by atoms with Gasteiger partial charge in [-0.1, -0.05) is 12.1 Å². The molecule has 1 heterocycles. The molecule has 0 saturated heterocycles. The lowest BCUT2D eigenvalue weighted by Crippen LogP contribution is -1.99. The molecule has 0 amide bonds. The molecule has 2 N–H and O–H groups in total. The maximum atomic E-state index is 5.66. The summed E-state index contributed by atoms with van der Waals surface area (Å²) < 4.78 is 1.98. The molecule has 0 aliphatic carbocycles. The van der Waals surface area contributed by atoms with Crippen molar-refractivity contribution in [2.45, 2.75) is 26.4 Å². The van der Waals surface area contributed by atoms with Crippen LogP contribution in [-0.2, 0) is 6.54 Å². The fourth-order valence-electron chi connectivity index (χ4n) is 1.56. The van der Waals surface area contributed by atoms with Crippen LogP contribution in [0.15, 0.2) is 24.4 Å². The van der Waals surface area contributed by atoms with Crippen molar-refractivity contribution in [1.29, 1.82) is 0 Å². The van der Waals surface area contributed by atoms with Crippen LogP contribution < -0.4 is 5.73 Å². The molecule has 3 heteroatoms. The highest BCUT2D eigenvalue weighted by Gasteiger charge is 2.05. The van der Waals surface area contributed by atoms with E-state index in [2.05, 4.69) is 31.2 Å². The minimum Gasteiger partial charge on any atom is -0.326 e. The number of aromatic nitrogens is 2. The monoisotopic (exact) mass is 189 g/mol. The predicted octanol–water partition coefficient (Wildman–Crippen LogP) is 2.08. The Morgan fingerprint density at radius 3 is 2.86 bits per heavy atom. The predicted molar refractivity (Wildman–Crippen MR) is 58.0 cm³/mol. The zero-order chi connectivity index (χ0) is 10.1. The second kappa shape index (κ2) is 3.42. The molecule has 0 aliphatic rings. The van der Waals surface area contributed by atoms with Crippen LogP contribution in [0, 0.1) is 0 Å². The van der Waals surface area contributed by atoms with Gasteiger partial charge in [0, 0.05) is 24.2 Å². The first kappa shape index (κ1) is 9.21. The second-order valence-corrected chi connectivity index (χ2v) is 3.76. The Morgan fingerprint density at radius 1 is 1.43 bits per heavy atom. The maximum absolute atomic E-state index is 5.66. The van der Waals surface area contributed by atoms with Crippen LogP contribution in [-0.4, -0.2) is 9.78 Å². The zero-order valence-corrected chi connectivity index (χ0v) is 8.57. The van der Waals surface area contributed by atoms with Crippen LogP contribution in [0.1, 0.15) is 25.5 Å². The molecular weight excluding hydrogens is 174 g/mol. The topological polar surface area (TPSA) is 43.8 Å². The maximum Gasteiger partial charge on any atom is 0.0926 e. The van der Waals surface area contributed by atoms with Crippen molar-refractivity contribution >= 4 is 10.9 Å². The number of nitrogens with two attached hydrogens (primary N) is 1. The van der Waals surface area contributed by atoms with Gasteiger partial charge in [0.25, 0.3) is 0 Å². The molecule has 0 aliphatic heterocycles. The summed E-state index contributed by atoms with van der Waals surface area (Å²) in [7, 11) is 0. The van der Waals surface area contributed by atoms with Crippen LogP contribution in [0.4, 0.5) is 0 Å². The van der Waals surface area contributed by atoms with Crippen molar-refractivity contribution in [3.8, 4) is 0 Å². The van der Waals surface area contributed by atoms with Gasteiger partial charge in [0.15, 0.2) is 0 Å². The van der Waals surface area contributed by atoms with Crippen LogP contribution >= 0.6 is 0 Å². The molecule has 74 valence electrons. The van der Waals surface area contributed by atoms with Crippen molar-refractivity contribution in [3.63, 3.8) is 0 Å². The van der Waals surface area contributed by atoms with E-state index in [1.54, 1.807) is 0 Å². The van der Waals surface area contributed by atoms with Gasteiger partial charge in [-0.25, -0.2) is 0 Å². The summed E-state index contributed by atoms with van der Waals surface area (Å²) in [4.78, 5) is 0. The number of fused-ring (bicyclic) bond motifs is 1. The molecular formula is C11H15N3. The van der Waals surface area contributed by atoms with Gasteiger partial charge in [-0.15, -0.1) is 0 Å². The highest BCUT2D eigenvalue weighted by atomic mass is 15.3. The van der Waals surface area contributed by atoms with E-state index in [1.807, 2.05) is 16.8 Å². The number of rotatable bonds is 2. The van der Waals surface area contributed by atoms with Crippen molar-refractivity contribution in [1.82, 2.24) is 9.78 Å². The van der Waals surface area contributed by atoms with Gasteiger partial charge in [0.2, 0.25) is 0 Å². The largest absolute Gasteiger partial charge is 0.326 e. The van der Waals surface area contributed by atoms with Gasteiger partial charge in [0.1, 0.15) is 0 Å². The Bertz CT molecular complexity index is 443. The van der Waals surface area contributed by atoms with Crippen molar-refractivity contribution in [2.75, 3.05) is 0 Å². The molecule has 0 radical (unpaired) electrons. The summed E-state index contributed by atoms with van der Waals surface area (Å²) in [5.74, 6) is 0. The Morgan fingerprint density at radius 2 is 2.21 bits per heavy atom. The number of hydrogen-bond acceptors (Lipinski definition) is 2. The summed E-state index contributed by atoms with van der Waals surface area (Å²) in [5.41, 5.74) is 7.86. The minimum absolute atomic E-state index is 0.396. The SMILES string of the molecule is CC(C)n1cc2c(CN)cccc2n1. The Labute approximate surface area is 83.5 Å². The van der Waals surface area contributed by atoms with E-state index < -0.39 is 0 Å². The molecule has 0 atom stereocenters. The standard InChI is InChI=1S/C11H15N3/c1-8(2)14-7-10-9(6-12)4-3-5-11(10)13-14/h3-5,7-8H,6,12H2,1-2H3. The lowest BCUT2D eigenvalue weighted by atomic mass is 10.1. The first-order valence-corrected chi connectivity index (χ1v) is 4.89. The van der Waals surface area contributed by atoms with Crippen LogP contribution in [0.3, 0.4) is 0 Å². The second-order valence-electron chi connectivity index (χ2n) is 3.76. The van der Waals surface area contributed by atoms with Crippen LogP contribution in [0.25, 0.3) is 10.9 Å². The number of nitrogens with zero attached hydrogens (tertiary/aromatic N) is 2. The first-order valence-electron chi connectivity index (χ1n) is 4.89. The smallest absolute Gasteiger partial charge is 0.0926 e. The average molecular weight is 189 g/mol. The van der Waals surface area contributed by atoms with Crippen LogP contribution in [0.2, 0.25) is 0 Å². The van der Waals surface area contributed by atoms with Gasteiger partial charge >= 0.3 is 0 Å². The Kier molecular flexibility index (Phi) is 2.25. The molecule has 1 aromatic carbocycles. The van der Waals surface area contributed by atoms with Crippen LogP contribution in [0.5, 0.6) is 0 Å². The third kappa shape index (κ3) is 1.40. The van der Waals surface area contributed by atoms with E-state index in [9.17, 15) is 0 Å². The fraction of sp³-hybridized carbons (Fsp3) is 0.364. The van der Waals surface area contributed by atoms with E-state index in [0.717, 1.165) is 11.1 Å². The Balaban J connectivity index is 2.64. The average Bonchev–Trinajstić information content (AvgIpc) is 2.60. The van der Waals surface area contributed by atoms with Gasteiger partial charge in [-0.05, 0) is 25.5 Å². The van der Waals surface area contributed by atoms with Gasteiger partial charge in [-0.2, -0.15) is 5.10 Å². The first-order chi connectivity index (χ1) is 6.72. The molecule has 0 unspecified atom stereocenters. The molecule has 0 fully saturated rings.